The van der Waals surface area contributed by atoms with Gasteiger partial charge in [-0.3, -0.25) is 4.79 Å². The maximum atomic E-state index is 12.2. The molecule has 0 aliphatic carbocycles. The molecule has 0 saturated heterocycles. The third-order valence-electron chi connectivity index (χ3n) is 3.72. The maximum absolute atomic E-state index is 12.2. The van der Waals surface area contributed by atoms with Crippen LogP contribution >= 0.6 is 22.9 Å². The van der Waals surface area contributed by atoms with Crippen molar-refractivity contribution in [2.75, 3.05) is 13.7 Å². The third-order valence-corrected chi connectivity index (χ3v) is 5.24. The number of hydrogen-bond donors (Lipinski definition) is 0. The molecule has 0 radical (unpaired) electrons. The van der Waals surface area contributed by atoms with E-state index in [9.17, 15) is 4.79 Å². The fourth-order valence-electron chi connectivity index (χ4n) is 2.43. The first-order valence-electron chi connectivity index (χ1n) is 7.58. The van der Waals surface area contributed by atoms with E-state index in [2.05, 4.69) is 4.99 Å². The van der Waals surface area contributed by atoms with Crippen LogP contribution in [-0.4, -0.2) is 24.2 Å². The van der Waals surface area contributed by atoms with Gasteiger partial charge in [-0.25, -0.2) is 0 Å². The van der Waals surface area contributed by atoms with Crippen LogP contribution < -0.4 is 14.3 Å². The zero-order chi connectivity index (χ0) is 18.0. The minimum absolute atomic E-state index is 0.133. The molecule has 3 aromatic rings. The van der Waals surface area contributed by atoms with Crippen molar-refractivity contribution < 1.29 is 14.3 Å². The number of halogens is 1. The van der Waals surface area contributed by atoms with E-state index in [0.717, 1.165) is 21.5 Å². The number of carbonyl (C=O) groups excluding carboxylic acids is 1. The number of hydrogen-bond acceptors (Lipinski definition) is 4. The highest BCUT2D eigenvalue weighted by molar-refractivity contribution is 7.16. The molecular formula is C18H17ClN2O3S. The second-order valence-electron chi connectivity index (χ2n) is 5.45. The summed E-state index contributed by atoms with van der Waals surface area (Å²) in [6, 6.07) is 10.7. The van der Waals surface area contributed by atoms with Crippen molar-refractivity contribution in [2.24, 2.45) is 12.0 Å². The van der Waals surface area contributed by atoms with Crippen molar-refractivity contribution in [2.45, 2.75) is 6.92 Å². The average Bonchev–Trinajstić information content (AvgIpc) is 2.93. The van der Waals surface area contributed by atoms with Crippen LogP contribution in [0.1, 0.15) is 5.56 Å². The molecular weight excluding hydrogens is 360 g/mol. The van der Waals surface area contributed by atoms with Gasteiger partial charge in [-0.05, 0) is 42.8 Å². The number of aromatic nitrogens is 1. The molecule has 1 amide bonds. The van der Waals surface area contributed by atoms with Gasteiger partial charge in [0.2, 0.25) is 0 Å². The normalized spacial score (nSPS) is 11.8. The highest BCUT2D eigenvalue weighted by atomic mass is 35.5. The van der Waals surface area contributed by atoms with E-state index < -0.39 is 0 Å². The molecule has 25 heavy (non-hydrogen) atoms. The number of methoxy groups -OCH3 is 1. The summed E-state index contributed by atoms with van der Waals surface area (Å²) in [4.78, 5) is 17.0. The van der Waals surface area contributed by atoms with Crippen LogP contribution in [0.15, 0.2) is 41.4 Å². The molecule has 2 aromatic carbocycles. The van der Waals surface area contributed by atoms with E-state index in [1.807, 2.05) is 30.7 Å². The molecule has 0 N–H and O–H groups in total. The summed E-state index contributed by atoms with van der Waals surface area (Å²) in [7, 11) is 3.50. The highest BCUT2D eigenvalue weighted by Gasteiger charge is 2.12. The van der Waals surface area contributed by atoms with E-state index in [1.165, 1.54) is 11.3 Å². The predicted octanol–water partition coefficient (Wildman–Crippen LogP) is 3.72. The number of nitrogens with zero attached hydrogens (tertiary/aromatic N) is 2. The molecule has 0 atom stereocenters. The Hall–Kier alpha value is -2.31. The van der Waals surface area contributed by atoms with Gasteiger partial charge in [-0.1, -0.05) is 29.0 Å². The molecule has 3 rings (SSSR count). The number of amides is 1. The summed E-state index contributed by atoms with van der Waals surface area (Å²) in [6.07, 6.45) is 0. The molecule has 5 nitrogen and oxygen atoms in total. The minimum Gasteiger partial charge on any atom is -0.495 e. The van der Waals surface area contributed by atoms with Gasteiger partial charge in [0.05, 0.1) is 11.8 Å². The summed E-state index contributed by atoms with van der Waals surface area (Å²) in [5, 5.41) is 0.616. The fraction of sp³-hybridized carbons (Fsp3) is 0.222. The number of rotatable bonds is 4. The molecule has 1 heterocycles. The lowest BCUT2D eigenvalue weighted by atomic mass is 10.2. The summed E-state index contributed by atoms with van der Waals surface area (Å²) in [5.74, 6) is 0.977. The molecule has 0 bridgehead atoms. The zero-order valence-electron chi connectivity index (χ0n) is 14.1. The molecule has 130 valence electrons. The van der Waals surface area contributed by atoms with Crippen molar-refractivity contribution in [3.8, 4) is 11.5 Å². The SMILES string of the molecule is COc1ccc(C)c2sc(=NC(=O)COc3ccc(Cl)cc3)n(C)c12. The molecule has 7 heteroatoms. The van der Waals surface area contributed by atoms with E-state index in [4.69, 9.17) is 21.1 Å². The van der Waals surface area contributed by atoms with Crippen LogP contribution in [0, 0.1) is 6.92 Å². The van der Waals surface area contributed by atoms with Crippen LogP contribution in [0.25, 0.3) is 10.2 Å². The van der Waals surface area contributed by atoms with Crippen LogP contribution in [0.4, 0.5) is 0 Å². The van der Waals surface area contributed by atoms with Crippen LogP contribution in [0.3, 0.4) is 0 Å². The molecule has 0 fully saturated rings. The van der Waals surface area contributed by atoms with Gasteiger partial charge in [0, 0.05) is 12.1 Å². The largest absolute Gasteiger partial charge is 0.495 e. The quantitative estimate of drug-likeness (QED) is 0.697. The Balaban J connectivity index is 1.87. The first-order chi connectivity index (χ1) is 12.0. The van der Waals surface area contributed by atoms with Crippen molar-refractivity contribution in [3.63, 3.8) is 0 Å². The predicted molar refractivity (Wildman–Crippen MR) is 99.6 cm³/mol. The van der Waals surface area contributed by atoms with Crippen LogP contribution in [-0.2, 0) is 11.8 Å². The first kappa shape index (κ1) is 17.5. The van der Waals surface area contributed by atoms with E-state index in [-0.39, 0.29) is 12.5 Å². The maximum Gasteiger partial charge on any atom is 0.286 e. The van der Waals surface area contributed by atoms with Gasteiger partial charge in [-0.15, -0.1) is 0 Å². The Morgan fingerprint density at radius 3 is 2.64 bits per heavy atom. The van der Waals surface area contributed by atoms with Gasteiger partial charge in [-0.2, -0.15) is 4.99 Å². The van der Waals surface area contributed by atoms with E-state index in [1.54, 1.807) is 31.4 Å². The lowest BCUT2D eigenvalue weighted by Crippen LogP contribution is -2.17. The Labute approximate surface area is 154 Å². The standard InChI is InChI=1S/C18H17ClN2O3S/c1-11-4-9-14(23-3)16-17(11)25-18(21(16)2)20-15(22)10-24-13-7-5-12(19)6-8-13/h4-9H,10H2,1-3H3. The van der Waals surface area contributed by atoms with Crippen LogP contribution in [0.5, 0.6) is 11.5 Å². The summed E-state index contributed by atoms with van der Waals surface area (Å²) in [6.45, 7) is 1.89. The molecule has 0 aliphatic rings. The van der Waals surface area contributed by atoms with Gasteiger partial charge in [0.15, 0.2) is 11.4 Å². The Kier molecular flexibility index (Phi) is 5.11. The highest BCUT2D eigenvalue weighted by Crippen LogP contribution is 2.29. The summed E-state index contributed by atoms with van der Waals surface area (Å²) >= 11 is 7.28. The lowest BCUT2D eigenvalue weighted by molar-refractivity contribution is -0.120. The van der Waals surface area contributed by atoms with E-state index >= 15 is 0 Å². The van der Waals surface area contributed by atoms with Gasteiger partial charge < -0.3 is 14.0 Å². The molecule has 0 saturated carbocycles. The second-order valence-corrected chi connectivity index (χ2v) is 6.87. The Morgan fingerprint density at radius 2 is 1.96 bits per heavy atom. The summed E-state index contributed by atoms with van der Waals surface area (Å²) < 4.78 is 13.8. The Morgan fingerprint density at radius 1 is 1.24 bits per heavy atom. The average molecular weight is 377 g/mol. The van der Waals surface area contributed by atoms with Crippen LogP contribution in [0.2, 0.25) is 5.02 Å². The monoisotopic (exact) mass is 376 g/mol. The molecule has 0 spiro atoms. The molecule has 1 aromatic heterocycles. The van der Waals surface area contributed by atoms with Gasteiger partial charge in [0.25, 0.3) is 5.91 Å². The van der Waals surface area contributed by atoms with Gasteiger partial charge >= 0.3 is 0 Å². The lowest BCUT2D eigenvalue weighted by Gasteiger charge is -2.05. The number of carbonyl (C=O) groups is 1. The van der Waals surface area contributed by atoms with Crippen molar-refractivity contribution in [3.05, 3.63) is 51.8 Å². The number of ether oxygens (including phenoxy) is 2. The number of fused-ring (bicyclic) bond motifs is 1. The smallest absolute Gasteiger partial charge is 0.286 e. The molecule has 0 unspecified atom stereocenters. The second kappa shape index (κ2) is 7.29. The van der Waals surface area contributed by atoms with Crippen molar-refractivity contribution in [1.82, 2.24) is 4.57 Å². The number of benzene rings is 2. The van der Waals surface area contributed by atoms with Crippen molar-refractivity contribution in [1.29, 1.82) is 0 Å². The number of thiazole rings is 1. The molecule has 0 aliphatic heterocycles. The zero-order valence-corrected chi connectivity index (χ0v) is 15.6. The Bertz CT molecular complexity index is 990. The minimum atomic E-state index is -0.353. The van der Waals surface area contributed by atoms with Crippen molar-refractivity contribution >= 4 is 39.1 Å². The third kappa shape index (κ3) is 3.70. The first-order valence-corrected chi connectivity index (χ1v) is 8.78. The topological polar surface area (TPSA) is 52.8 Å². The number of aryl methyl sites for hydroxylation is 2. The fourth-order valence-corrected chi connectivity index (χ4v) is 3.68. The van der Waals surface area contributed by atoms with E-state index in [0.29, 0.717) is 15.6 Å². The van der Waals surface area contributed by atoms with Gasteiger partial charge in [0.1, 0.15) is 17.0 Å². The summed E-state index contributed by atoms with van der Waals surface area (Å²) in [5.41, 5.74) is 2.04.